The number of aryl methyl sites for hydroxylation is 1. The van der Waals surface area contributed by atoms with Crippen LogP contribution in [0.4, 0.5) is 18.9 Å². The maximum Gasteiger partial charge on any atom is 0.434 e. The van der Waals surface area contributed by atoms with Gasteiger partial charge in [-0.05, 0) is 31.2 Å². The first-order valence-corrected chi connectivity index (χ1v) is 8.43. The van der Waals surface area contributed by atoms with E-state index in [9.17, 15) is 18.0 Å². The average Bonchev–Trinajstić information content (AvgIpc) is 3.13. The number of carbonyl (C=O) groups is 1. The third-order valence-corrected chi connectivity index (χ3v) is 3.96. The molecular formula is C20H15F3N4O2. The standard InChI is InChI=1S/C20H15F3N4O2/c1-13-5-7-15(8-6-13)27-18(20(21,22)23)17(12-25-27)19(28)26-14-3-2-4-16(11-14)29-10-9-24/h2-8,11-12H,10H2,1H3,(H,26,28). The Bertz CT molecular complexity index is 1070. The lowest BCUT2D eigenvalue weighted by Crippen LogP contribution is -2.20. The molecule has 148 valence electrons. The molecule has 2 aromatic carbocycles. The van der Waals surface area contributed by atoms with E-state index in [0.29, 0.717) is 10.4 Å². The third kappa shape index (κ3) is 4.55. The molecule has 0 aliphatic heterocycles. The van der Waals surface area contributed by atoms with Gasteiger partial charge in [0.05, 0.1) is 17.4 Å². The summed E-state index contributed by atoms with van der Waals surface area (Å²) in [5.74, 6) is -0.663. The number of rotatable bonds is 5. The second-order valence-electron chi connectivity index (χ2n) is 6.08. The van der Waals surface area contributed by atoms with Gasteiger partial charge in [0, 0.05) is 11.8 Å². The Balaban J connectivity index is 1.93. The molecule has 3 rings (SSSR count). The van der Waals surface area contributed by atoms with E-state index in [1.807, 2.05) is 6.92 Å². The van der Waals surface area contributed by atoms with Gasteiger partial charge in [-0.15, -0.1) is 0 Å². The summed E-state index contributed by atoms with van der Waals surface area (Å²) >= 11 is 0. The molecule has 0 radical (unpaired) electrons. The van der Waals surface area contributed by atoms with Crippen LogP contribution in [0.5, 0.6) is 5.75 Å². The zero-order valence-electron chi connectivity index (χ0n) is 15.2. The first kappa shape index (κ1) is 19.9. The first-order valence-electron chi connectivity index (χ1n) is 8.43. The lowest BCUT2D eigenvalue weighted by atomic mass is 10.2. The van der Waals surface area contributed by atoms with E-state index in [0.717, 1.165) is 11.8 Å². The minimum Gasteiger partial charge on any atom is -0.479 e. The van der Waals surface area contributed by atoms with E-state index in [1.54, 1.807) is 30.3 Å². The van der Waals surface area contributed by atoms with Crippen LogP contribution < -0.4 is 10.1 Å². The molecule has 0 unspecified atom stereocenters. The fourth-order valence-electron chi connectivity index (χ4n) is 2.65. The molecular weight excluding hydrogens is 385 g/mol. The Morgan fingerprint density at radius 2 is 1.97 bits per heavy atom. The lowest BCUT2D eigenvalue weighted by Gasteiger charge is -2.13. The number of amides is 1. The van der Waals surface area contributed by atoms with Crippen molar-refractivity contribution in [3.63, 3.8) is 0 Å². The van der Waals surface area contributed by atoms with Gasteiger partial charge in [-0.3, -0.25) is 4.79 Å². The van der Waals surface area contributed by atoms with Crippen molar-refractivity contribution in [2.24, 2.45) is 0 Å². The Hall–Kier alpha value is -3.80. The molecule has 0 bridgehead atoms. The topological polar surface area (TPSA) is 79.9 Å². The largest absolute Gasteiger partial charge is 0.479 e. The predicted octanol–water partition coefficient (Wildman–Crippen LogP) is 4.35. The monoisotopic (exact) mass is 400 g/mol. The number of nitrogens with one attached hydrogen (secondary N) is 1. The highest BCUT2D eigenvalue weighted by molar-refractivity contribution is 6.05. The summed E-state index contributed by atoms with van der Waals surface area (Å²) in [6.45, 7) is 1.61. The molecule has 9 heteroatoms. The van der Waals surface area contributed by atoms with Gasteiger partial charge in [0.15, 0.2) is 12.3 Å². The van der Waals surface area contributed by atoms with Crippen LogP contribution in [0.3, 0.4) is 0 Å². The molecule has 0 atom stereocenters. The van der Waals surface area contributed by atoms with E-state index in [2.05, 4.69) is 10.4 Å². The number of alkyl halides is 3. The van der Waals surface area contributed by atoms with Crippen molar-refractivity contribution in [2.75, 3.05) is 11.9 Å². The van der Waals surface area contributed by atoms with Crippen LogP contribution in [0.15, 0.2) is 54.7 Å². The van der Waals surface area contributed by atoms with Gasteiger partial charge in [0.2, 0.25) is 0 Å². The molecule has 1 amide bonds. The molecule has 0 saturated carbocycles. The molecule has 3 aromatic rings. The second kappa shape index (κ2) is 8.06. The molecule has 0 fully saturated rings. The summed E-state index contributed by atoms with van der Waals surface area (Å²) in [6, 6.07) is 14.1. The van der Waals surface area contributed by atoms with E-state index in [1.165, 1.54) is 24.3 Å². The molecule has 1 aromatic heterocycles. The third-order valence-electron chi connectivity index (χ3n) is 3.96. The number of carbonyl (C=O) groups excluding carboxylic acids is 1. The Morgan fingerprint density at radius 3 is 2.62 bits per heavy atom. The minimum atomic E-state index is -4.80. The molecule has 1 heterocycles. The molecule has 0 aliphatic carbocycles. The van der Waals surface area contributed by atoms with Crippen LogP contribution in [0.25, 0.3) is 5.69 Å². The van der Waals surface area contributed by atoms with E-state index in [-0.39, 0.29) is 18.0 Å². The highest BCUT2D eigenvalue weighted by atomic mass is 19.4. The fraction of sp³-hybridized carbons (Fsp3) is 0.150. The summed E-state index contributed by atoms with van der Waals surface area (Å²) in [4.78, 5) is 12.5. The van der Waals surface area contributed by atoms with Crippen LogP contribution >= 0.6 is 0 Å². The normalized spacial score (nSPS) is 11.0. The number of aromatic nitrogens is 2. The SMILES string of the molecule is Cc1ccc(-n2ncc(C(=O)Nc3cccc(OCC#N)c3)c2C(F)(F)F)cc1. The van der Waals surface area contributed by atoms with Crippen LogP contribution in [0, 0.1) is 18.3 Å². The predicted molar refractivity (Wildman–Crippen MR) is 98.8 cm³/mol. The number of hydrogen-bond acceptors (Lipinski definition) is 4. The number of halogens is 3. The summed E-state index contributed by atoms with van der Waals surface area (Å²) in [7, 11) is 0. The van der Waals surface area contributed by atoms with Crippen LogP contribution in [-0.2, 0) is 6.18 Å². The molecule has 29 heavy (non-hydrogen) atoms. The van der Waals surface area contributed by atoms with Gasteiger partial charge < -0.3 is 10.1 Å². The lowest BCUT2D eigenvalue weighted by molar-refractivity contribution is -0.143. The first-order chi connectivity index (χ1) is 13.8. The summed E-state index contributed by atoms with van der Waals surface area (Å²) < 4.78 is 47.0. The van der Waals surface area contributed by atoms with Crippen molar-refractivity contribution in [2.45, 2.75) is 13.1 Å². The minimum absolute atomic E-state index is 0.189. The maximum atomic E-state index is 13.7. The molecule has 0 aliphatic rings. The highest BCUT2D eigenvalue weighted by Crippen LogP contribution is 2.34. The Kier molecular flexibility index (Phi) is 5.54. The summed E-state index contributed by atoms with van der Waals surface area (Å²) in [6.07, 6.45) is -3.92. The van der Waals surface area contributed by atoms with E-state index in [4.69, 9.17) is 10.00 Å². The molecule has 6 nitrogen and oxygen atoms in total. The van der Waals surface area contributed by atoms with Crippen molar-refractivity contribution in [3.05, 3.63) is 71.5 Å². The second-order valence-corrected chi connectivity index (χ2v) is 6.08. The van der Waals surface area contributed by atoms with E-state index >= 15 is 0 Å². The summed E-state index contributed by atoms with van der Waals surface area (Å²) in [5.41, 5.74) is -0.487. The van der Waals surface area contributed by atoms with Gasteiger partial charge in [-0.2, -0.15) is 23.5 Å². The zero-order chi connectivity index (χ0) is 21.0. The van der Waals surface area contributed by atoms with Crippen LogP contribution in [-0.4, -0.2) is 22.3 Å². The molecule has 1 N–H and O–H groups in total. The molecule has 0 spiro atoms. The maximum absolute atomic E-state index is 13.7. The van der Waals surface area contributed by atoms with Crippen LogP contribution in [0.2, 0.25) is 0 Å². The Labute approximate surface area is 164 Å². The average molecular weight is 400 g/mol. The summed E-state index contributed by atoms with van der Waals surface area (Å²) in [5, 5.41) is 14.7. The van der Waals surface area contributed by atoms with Crippen LogP contribution in [0.1, 0.15) is 21.6 Å². The molecule has 0 saturated heterocycles. The van der Waals surface area contributed by atoms with Crippen molar-refractivity contribution < 1.29 is 22.7 Å². The van der Waals surface area contributed by atoms with Crippen molar-refractivity contribution in [3.8, 4) is 17.5 Å². The van der Waals surface area contributed by atoms with E-state index < -0.39 is 23.3 Å². The number of ether oxygens (including phenoxy) is 1. The van der Waals surface area contributed by atoms with Crippen molar-refractivity contribution in [1.82, 2.24) is 9.78 Å². The number of anilines is 1. The van der Waals surface area contributed by atoms with Gasteiger partial charge in [-0.1, -0.05) is 23.8 Å². The van der Waals surface area contributed by atoms with Gasteiger partial charge >= 0.3 is 6.18 Å². The number of hydrogen-bond donors (Lipinski definition) is 1. The van der Waals surface area contributed by atoms with Gasteiger partial charge in [0.25, 0.3) is 5.91 Å². The highest BCUT2D eigenvalue weighted by Gasteiger charge is 2.40. The smallest absolute Gasteiger partial charge is 0.434 e. The number of nitrogens with zero attached hydrogens (tertiary/aromatic N) is 3. The fourth-order valence-corrected chi connectivity index (χ4v) is 2.65. The Morgan fingerprint density at radius 1 is 1.24 bits per heavy atom. The zero-order valence-corrected chi connectivity index (χ0v) is 15.2. The van der Waals surface area contributed by atoms with Crippen molar-refractivity contribution >= 4 is 11.6 Å². The quantitative estimate of drug-likeness (QED) is 0.690. The number of benzene rings is 2. The van der Waals surface area contributed by atoms with Gasteiger partial charge in [0.1, 0.15) is 11.8 Å². The van der Waals surface area contributed by atoms with Crippen molar-refractivity contribution in [1.29, 1.82) is 5.26 Å². The number of nitriles is 1. The van der Waals surface area contributed by atoms with Gasteiger partial charge in [-0.25, -0.2) is 4.68 Å².